The molecule has 20 heavy (non-hydrogen) atoms. The van der Waals surface area contributed by atoms with E-state index in [9.17, 15) is 0 Å². The van der Waals surface area contributed by atoms with Crippen molar-refractivity contribution in [2.24, 2.45) is 17.2 Å². The minimum Gasteiger partial charge on any atom is -0.497 e. The van der Waals surface area contributed by atoms with Gasteiger partial charge in [-0.3, -0.25) is 11.3 Å². The maximum atomic E-state index is 5.75. The first-order chi connectivity index (χ1) is 9.31. The molecule has 0 amide bonds. The summed E-state index contributed by atoms with van der Waals surface area (Å²) in [6.45, 7) is 8.99. The van der Waals surface area contributed by atoms with Crippen LogP contribution in [0, 0.1) is 11.3 Å². The summed E-state index contributed by atoms with van der Waals surface area (Å²) in [4.78, 5) is 0. The van der Waals surface area contributed by atoms with E-state index >= 15 is 0 Å². The quantitative estimate of drug-likeness (QED) is 0.620. The van der Waals surface area contributed by atoms with E-state index < -0.39 is 0 Å². The third-order valence-corrected chi connectivity index (χ3v) is 4.04. The van der Waals surface area contributed by atoms with Crippen LogP contribution in [0.4, 0.5) is 0 Å². The minimum absolute atomic E-state index is 0.0771. The summed E-state index contributed by atoms with van der Waals surface area (Å²) in [5, 5.41) is 0. The molecular formula is C16H28N2O2. The van der Waals surface area contributed by atoms with E-state index in [-0.39, 0.29) is 11.5 Å². The van der Waals surface area contributed by atoms with E-state index in [4.69, 9.17) is 15.3 Å². The van der Waals surface area contributed by atoms with Gasteiger partial charge in [-0.05, 0) is 35.4 Å². The fourth-order valence-corrected chi connectivity index (χ4v) is 2.04. The maximum absolute atomic E-state index is 5.75. The highest BCUT2D eigenvalue weighted by Crippen LogP contribution is 2.35. The van der Waals surface area contributed by atoms with Crippen molar-refractivity contribution in [2.45, 2.75) is 40.2 Å². The van der Waals surface area contributed by atoms with E-state index in [1.807, 2.05) is 18.2 Å². The molecule has 1 aromatic carbocycles. The van der Waals surface area contributed by atoms with Gasteiger partial charge in [-0.15, -0.1) is 0 Å². The second-order valence-electron chi connectivity index (χ2n) is 6.37. The Hall–Kier alpha value is -1.26. The van der Waals surface area contributed by atoms with Crippen LogP contribution in [0.5, 0.6) is 11.5 Å². The Morgan fingerprint density at radius 2 is 1.60 bits per heavy atom. The van der Waals surface area contributed by atoms with Gasteiger partial charge in [-0.1, -0.05) is 27.7 Å². The summed E-state index contributed by atoms with van der Waals surface area (Å²) in [6.07, 6.45) is 0.955. The summed E-state index contributed by atoms with van der Waals surface area (Å²) < 4.78 is 10.6. The number of ether oxygens (including phenoxy) is 2. The van der Waals surface area contributed by atoms with Gasteiger partial charge in [-0.25, -0.2) is 0 Å². The molecule has 0 aliphatic rings. The molecule has 4 heteroatoms. The third kappa shape index (κ3) is 4.39. The molecule has 2 atom stereocenters. The molecule has 1 rings (SSSR count). The summed E-state index contributed by atoms with van der Waals surface area (Å²) in [6, 6.07) is 5.95. The Balaban J connectivity index is 3.00. The molecule has 0 aromatic heterocycles. The lowest BCUT2D eigenvalue weighted by atomic mass is 9.77. The molecule has 0 saturated carbocycles. The van der Waals surface area contributed by atoms with Crippen LogP contribution in [0.3, 0.4) is 0 Å². The summed E-state index contributed by atoms with van der Waals surface area (Å²) in [7, 11) is 3.31. The highest BCUT2D eigenvalue weighted by Gasteiger charge is 2.24. The molecule has 0 aliphatic heterocycles. The molecule has 0 radical (unpaired) electrons. The van der Waals surface area contributed by atoms with Gasteiger partial charge in [0.2, 0.25) is 0 Å². The average Bonchev–Trinajstić information content (AvgIpc) is 2.42. The molecule has 114 valence electrons. The predicted molar refractivity (Wildman–Crippen MR) is 82.8 cm³/mol. The van der Waals surface area contributed by atoms with Crippen LogP contribution in [0.1, 0.15) is 45.7 Å². The van der Waals surface area contributed by atoms with Crippen LogP contribution >= 0.6 is 0 Å². The number of nitrogens with two attached hydrogens (primary N) is 1. The number of hydrazine groups is 1. The number of hydrogen-bond acceptors (Lipinski definition) is 4. The normalized spacial score (nSPS) is 14.8. The van der Waals surface area contributed by atoms with Gasteiger partial charge in [-0.2, -0.15) is 0 Å². The lowest BCUT2D eigenvalue weighted by Crippen LogP contribution is -2.32. The van der Waals surface area contributed by atoms with Crippen LogP contribution < -0.4 is 20.7 Å². The minimum atomic E-state index is 0.0771. The highest BCUT2D eigenvalue weighted by molar-refractivity contribution is 5.39. The number of methoxy groups -OCH3 is 2. The van der Waals surface area contributed by atoms with E-state index in [1.54, 1.807) is 14.2 Å². The molecule has 0 heterocycles. The maximum Gasteiger partial charge on any atom is 0.122 e. The van der Waals surface area contributed by atoms with Crippen LogP contribution in [0.2, 0.25) is 0 Å². The topological polar surface area (TPSA) is 56.5 Å². The monoisotopic (exact) mass is 280 g/mol. The zero-order chi connectivity index (χ0) is 15.3. The second-order valence-corrected chi connectivity index (χ2v) is 6.37. The van der Waals surface area contributed by atoms with Gasteiger partial charge < -0.3 is 9.47 Å². The largest absolute Gasteiger partial charge is 0.497 e. The molecule has 0 saturated heterocycles. The third-order valence-electron chi connectivity index (χ3n) is 4.04. The van der Waals surface area contributed by atoms with Crippen molar-refractivity contribution in [2.75, 3.05) is 14.2 Å². The van der Waals surface area contributed by atoms with Gasteiger partial charge in [0.1, 0.15) is 11.5 Å². The standard InChI is InChI=1S/C16H28N2O2/c1-11(16(2,3)4)7-15(18-17)12-8-13(19-5)10-14(9-12)20-6/h8-11,15,18H,7,17H2,1-6H3. The zero-order valence-electron chi connectivity index (χ0n) is 13.5. The van der Waals surface area contributed by atoms with Gasteiger partial charge in [0.15, 0.2) is 0 Å². The number of rotatable bonds is 6. The fraction of sp³-hybridized carbons (Fsp3) is 0.625. The smallest absolute Gasteiger partial charge is 0.122 e. The van der Waals surface area contributed by atoms with E-state index in [0.29, 0.717) is 5.92 Å². The van der Waals surface area contributed by atoms with E-state index in [0.717, 1.165) is 23.5 Å². The van der Waals surface area contributed by atoms with Crippen LogP contribution in [0.15, 0.2) is 18.2 Å². The van der Waals surface area contributed by atoms with Crippen molar-refractivity contribution in [1.82, 2.24) is 5.43 Å². The molecule has 0 bridgehead atoms. The van der Waals surface area contributed by atoms with Crippen molar-refractivity contribution < 1.29 is 9.47 Å². The first kappa shape index (κ1) is 16.8. The molecular weight excluding hydrogens is 252 g/mol. The predicted octanol–water partition coefficient (Wildman–Crippen LogP) is 3.28. The van der Waals surface area contributed by atoms with Crippen LogP contribution in [-0.2, 0) is 0 Å². The summed E-state index contributed by atoms with van der Waals surface area (Å²) in [5.41, 5.74) is 4.24. The van der Waals surface area contributed by atoms with Gasteiger partial charge >= 0.3 is 0 Å². The zero-order valence-corrected chi connectivity index (χ0v) is 13.5. The van der Waals surface area contributed by atoms with Crippen molar-refractivity contribution in [3.63, 3.8) is 0 Å². The Kier molecular flexibility index (Phi) is 5.84. The molecule has 4 nitrogen and oxygen atoms in total. The van der Waals surface area contributed by atoms with Crippen molar-refractivity contribution in [1.29, 1.82) is 0 Å². The van der Waals surface area contributed by atoms with Crippen LogP contribution in [-0.4, -0.2) is 14.2 Å². The molecule has 0 fully saturated rings. The number of benzene rings is 1. The molecule has 3 N–H and O–H groups in total. The Labute approximate surface area is 122 Å². The van der Waals surface area contributed by atoms with Gasteiger partial charge in [0.25, 0.3) is 0 Å². The molecule has 0 aliphatic carbocycles. The van der Waals surface area contributed by atoms with Crippen molar-refractivity contribution >= 4 is 0 Å². The van der Waals surface area contributed by atoms with Crippen LogP contribution in [0.25, 0.3) is 0 Å². The van der Waals surface area contributed by atoms with E-state index in [2.05, 4.69) is 33.1 Å². The molecule has 1 aromatic rings. The van der Waals surface area contributed by atoms with Crippen molar-refractivity contribution in [3.8, 4) is 11.5 Å². The lowest BCUT2D eigenvalue weighted by Gasteiger charge is -2.31. The summed E-state index contributed by atoms with van der Waals surface area (Å²) in [5.74, 6) is 7.84. The highest BCUT2D eigenvalue weighted by atomic mass is 16.5. The number of hydrogen-bond donors (Lipinski definition) is 2. The molecule has 0 spiro atoms. The Bertz CT molecular complexity index is 405. The average molecular weight is 280 g/mol. The van der Waals surface area contributed by atoms with Crippen molar-refractivity contribution in [3.05, 3.63) is 23.8 Å². The van der Waals surface area contributed by atoms with Gasteiger partial charge in [0, 0.05) is 12.1 Å². The Morgan fingerprint density at radius 1 is 1.10 bits per heavy atom. The van der Waals surface area contributed by atoms with Gasteiger partial charge in [0.05, 0.1) is 14.2 Å². The van der Waals surface area contributed by atoms with E-state index in [1.165, 1.54) is 0 Å². The number of nitrogens with one attached hydrogen (secondary N) is 1. The lowest BCUT2D eigenvalue weighted by molar-refractivity contribution is 0.223. The summed E-state index contributed by atoms with van der Waals surface area (Å²) >= 11 is 0. The SMILES string of the molecule is COc1cc(OC)cc(C(CC(C)C(C)(C)C)NN)c1. The molecule has 2 unspecified atom stereocenters. The second kappa shape index (κ2) is 6.95. The fourth-order valence-electron chi connectivity index (χ4n) is 2.04. The first-order valence-electron chi connectivity index (χ1n) is 7.01. The first-order valence-corrected chi connectivity index (χ1v) is 7.01. The Morgan fingerprint density at radius 3 is 1.95 bits per heavy atom.